The first kappa shape index (κ1) is 23.5. The van der Waals surface area contributed by atoms with Crippen molar-refractivity contribution in [1.29, 1.82) is 0 Å². The molecule has 0 saturated carbocycles. The topological polar surface area (TPSA) is 81.7 Å². The van der Waals surface area contributed by atoms with E-state index in [-0.39, 0.29) is 5.69 Å². The van der Waals surface area contributed by atoms with Gasteiger partial charge in [-0.3, -0.25) is 4.31 Å². The monoisotopic (exact) mass is 496 g/mol. The molecule has 1 aromatic heterocycles. The maximum absolute atomic E-state index is 14.7. The average molecular weight is 497 g/mol. The standard InChI is InChI=1S/C25H29FN6O2S/c1-17-14-20(5-7-22(17)31-12-10-30(2)11-13-31)28-25-27-16-21(26)24(29-25)19-4-6-23-18(15-19)8-9-32(23)35(3,33)34/h4-7,14-16H,8-13H2,1-3H3,(H,27,28,29). The first-order valence-corrected chi connectivity index (χ1v) is 13.5. The Bertz CT molecular complexity index is 1370. The summed E-state index contributed by atoms with van der Waals surface area (Å²) in [6.07, 6.45) is 2.93. The van der Waals surface area contributed by atoms with Gasteiger partial charge < -0.3 is 15.1 Å². The second kappa shape index (κ2) is 9.09. The number of hydrogen-bond acceptors (Lipinski definition) is 7. The lowest BCUT2D eigenvalue weighted by Crippen LogP contribution is -2.44. The van der Waals surface area contributed by atoms with E-state index in [2.05, 4.69) is 51.2 Å². The fourth-order valence-corrected chi connectivity index (χ4v) is 5.72. The summed E-state index contributed by atoms with van der Waals surface area (Å²) in [5.41, 5.74) is 5.45. The number of piperazine rings is 1. The molecule has 3 heterocycles. The zero-order valence-electron chi connectivity index (χ0n) is 20.1. The summed E-state index contributed by atoms with van der Waals surface area (Å²) in [6.45, 7) is 6.55. The summed E-state index contributed by atoms with van der Waals surface area (Å²) in [7, 11) is -1.20. The Labute approximate surface area is 205 Å². The Kier molecular flexibility index (Phi) is 6.10. The zero-order valence-corrected chi connectivity index (χ0v) is 20.9. The van der Waals surface area contributed by atoms with Crippen molar-refractivity contribution in [2.24, 2.45) is 0 Å². The summed E-state index contributed by atoms with van der Waals surface area (Å²) < 4.78 is 40.1. The van der Waals surface area contributed by atoms with Crippen LogP contribution >= 0.6 is 0 Å². The fourth-order valence-electron chi connectivity index (χ4n) is 4.76. The third-order valence-electron chi connectivity index (χ3n) is 6.65. The predicted molar refractivity (Wildman–Crippen MR) is 137 cm³/mol. The highest BCUT2D eigenvalue weighted by atomic mass is 32.2. The number of halogens is 1. The molecule has 2 aromatic carbocycles. The molecule has 0 atom stereocenters. The van der Waals surface area contributed by atoms with Crippen LogP contribution in [0.2, 0.25) is 0 Å². The van der Waals surface area contributed by atoms with E-state index in [0.717, 1.165) is 49.2 Å². The van der Waals surface area contributed by atoms with Gasteiger partial charge in [0.25, 0.3) is 0 Å². The summed E-state index contributed by atoms with van der Waals surface area (Å²) in [5, 5.41) is 3.20. The van der Waals surface area contributed by atoms with Gasteiger partial charge in [-0.1, -0.05) is 6.07 Å². The third kappa shape index (κ3) is 4.81. The Balaban J connectivity index is 1.37. The van der Waals surface area contributed by atoms with Crippen molar-refractivity contribution in [1.82, 2.24) is 14.9 Å². The van der Waals surface area contributed by atoms with Crippen LogP contribution in [0.15, 0.2) is 42.6 Å². The average Bonchev–Trinajstić information content (AvgIpc) is 3.25. The number of rotatable bonds is 5. The van der Waals surface area contributed by atoms with E-state index in [9.17, 15) is 12.8 Å². The maximum atomic E-state index is 14.7. The second-order valence-electron chi connectivity index (χ2n) is 9.24. The van der Waals surface area contributed by atoms with Gasteiger partial charge in [0.15, 0.2) is 5.82 Å². The van der Waals surface area contributed by atoms with Crippen LogP contribution < -0.4 is 14.5 Å². The van der Waals surface area contributed by atoms with Crippen LogP contribution in [-0.4, -0.2) is 69.3 Å². The molecule has 1 fully saturated rings. The van der Waals surface area contributed by atoms with Crippen molar-refractivity contribution < 1.29 is 12.8 Å². The molecule has 0 unspecified atom stereocenters. The zero-order chi connectivity index (χ0) is 24.7. The molecular weight excluding hydrogens is 467 g/mol. The number of benzene rings is 2. The van der Waals surface area contributed by atoms with Crippen LogP contribution in [-0.2, 0) is 16.4 Å². The molecule has 0 amide bonds. The highest BCUT2D eigenvalue weighted by molar-refractivity contribution is 7.92. The quantitative estimate of drug-likeness (QED) is 0.580. The Morgan fingerprint density at radius 1 is 1.00 bits per heavy atom. The number of hydrogen-bond donors (Lipinski definition) is 1. The van der Waals surface area contributed by atoms with Crippen molar-refractivity contribution in [2.75, 3.05) is 60.5 Å². The lowest BCUT2D eigenvalue weighted by Gasteiger charge is -2.35. The summed E-state index contributed by atoms with van der Waals surface area (Å²) in [5.74, 6) is -0.235. The minimum absolute atomic E-state index is 0.175. The molecule has 1 N–H and O–H groups in total. The van der Waals surface area contributed by atoms with Crippen molar-refractivity contribution in [3.05, 3.63) is 59.5 Å². The van der Waals surface area contributed by atoms with E-state index in [1.54, 1.807) is 12.1 Å². The first-order valence-electron chi connectivity index (χ1n) is 11.6. The van der Waals surface area contributed by atoms with Gasteiger partial charge in [-0.2, -0.15) is 0 Å². The van der Waals surface area contributed by atoms with Gasteiger partial charge in [-0.25, -0.2) is 22.8 Å². The van der Waals surface area contributed by atoms with Crippen LogP contribution in [0.4, 0.5) is 27.4 Å². The highest BCUT2D eigenvalue weighted by Gasteiger charge is 2.26. The number of likely N-dealkylation sites (N-methyl/N-ethyl adjacent to an activating group) is 1. The number of nitrogens with one attached hydrogen (secondary N) is 1. The minimum Gasteiger partial charge on any atom is -0.369 e. The number of fused-ring (bicyclic) bond motifs is 1. The highest BCUT2D eigenvalue weighted by Crippen LogP contribution is 2.34. The minimum atomic E-state index is -3.34. The van der Waals surface area contributed by atoms with Gasteiger partial charge in [0.1, 0.15) is 5.69 Å². The normalized spacial score (nSPS) is 16.5. The Morgan fingerprint density at radius 3 is 2.46 bits per heavy atom. The summed E-state index contributed by atoms with van der Waals surface area (Å²) in [4.78, 5) is 13.3. The Hall–Kier alpha value is -3.24. The smallest absolute Gasteiger partial charge is 0.232 e. The van der Waals surface area contributed by atoms with Gasteiger partial charge in [0, 0.05) is 49.7 Å². The molecule has 3 aromatic rings. The molecule has 35 heavy (non-hydrogen) atoms. The number of aryl methyl sites for hydroxylation is 1. The van der Waals surface area contributed by atoms with Crippen LogP contribution in [0.25, 0.3) is 11.3 Å². The van der Waals surface area contributed by atoms with Gasteiger partial charge in [0.2, 0.25) is 16.0 Å². The van der Waals surface area contributed by atoms with Crippen molar-refractivity contribution >= 4 is 33.0 Å². The molecule has 5 rings (SSSR count). The van der Waals surface area contributed by atoms with E-state index in [4.69, 9.17) is 0 Å². The molecule has 184 valence electrons. The first-order chi connectivity index (χ1) is 16.7. The molecule has 2 aliphatic heterocycles. The van der Waals surface area contributed by atoms with Crippen molar-refractivity contribution in [3.8, 4) is 11.3 Å². The Morgan fingerprint density at radius 2 is 1.74 bits per heavy atom. The molecule has 1 saturated heterocycles. The number of nitrogens with zero attached hydrogens (tertiary/aromatic N) is 5. The van der Waals surface area contributed by atoms with Crippen LogP contribution in [0.3, 0.4) is 0 Å². The molecule has 2 aliphatic rings. The second-order valence-corrected chi connectivity index (χ2v) is 11.1. The van der Waals surface area contributed by atoms with Crippen LogP contribution in [0.1, 0.15) is 11.1 Å². The lowest BCUT2D eigenvalue weighted by atomic mass is 10.1. The molecule has 0 aliphatic carbocycles. The molecule has 8 nitrogen and oxygen atoms in total. The van der Waals surface area contributed by atoms with E-state index in [1.165, 1.54) is 16.2 Å². The van der Waals surface area contributed by atoms with Gasteiger partial charge >= 0.3 is 0 Å². The largest absolute Gasteiger partial charge is 0.369 e. The van der Waals surface area contributed by atoms with Gasteiger partial charge in [-0.05, 0) is 61.9 Å². The predicted octanol–water partition coefficient (Wildman–Crippen LogP) is 3.41. The maximum Gasteiger partial charge on any atom is 0.232 e. The van der Waals surface area contributed by atoms with Gasteiger partial charge in [-0.15, -0.1) is 0 Å². The third-order valence-corrected chi connectivity index (χ3v) is 7.83. The number of aromatic nitrogens is 2. The number of sulfonamides is 1. The van der Waals surface area contributed by atoms with E-state index < -0.39 is 15.8 Å². The molecule has 0 radical (unpaired) electrons. The SMILES string of the molecule is Cc1cc(Nc2ncc(F)c(-c3ccc4c(c3)CCN4S(C)(=O)=O)n2)ccc1N1CCN(C)CC1. The van der Waals surface area contributed by atoms with Crippen LogP contribution in [0, 0.1) is 12.7 Å². The molecular formula is C25H29FN6O2S. The summed E-state index contributed by atoms with van der Waals surface area (Å²) in [6, 6.07) is 11.4. The van der Waals surface area contributed by atoms with Crippen LogP contribution in [0.5, 0.6) is 0 Å². The van der Waals surface area contributed by atoms with E-state index >= 15 is 0 Å². The van der Waals surface area contributed by atoms with Crippen molar-refractivity contribution in [3.63, 3.8) is 0 Å². The van der Waals surface area contributed by atoms with Crippen molar-refractivity contribution in [2.45, 2.75) is 13.3 Å². The lowest BCUT2D eigenvalue weighted by molar-refractivity contribution is 0.312. The van der Waals surface area contributed by atoms with E-state index in [1.807, 2.05) is 12.1 Å². The molecule has 0 bridgehead atoms. The molecule has 0 spiro atoms. The molecule has 10 heteroatoms. The summed E-state index contributed by atoms with van der Waals surface area (Å²) >= 11 is 0. The van der Waals surface area contributed by atoms with E-state index in [0.29, 0.717) is 30.2 Å². The fraction of sp³-hybridized carbons (Fsp3) is 0.360. The number of anilines is 4. The van der Waals surface area contributed by atoms with Gasteiger partial charge in [0.05, 0.1) is 18.1 Å².